The SMILES string of the molecule is Cl.NC(=O)C1=CCCN1. The van der Waals surface area contributed by atoms with E-state index in [4.69, 9.17) is 5.73 Å². The van der Waals surface area contributed by atoms with Crippen LogP contribution in [-0.2, 0) is 4.79 Å². The Morgan fingerprint density at radius 2 is 2.44 bits per heavy atom. The Hall–Kier alpha value is -0.700. The van der Waals surface area contributed by atoms with Gasteiger partial charge in [-0.1, -0.05) is 6.08 Å². The lowest BCUT2D eigenvalue weighted by molar-refractivity contribution is -0.114. The molecule has 0 spiro atoms. The summed E-state index contributed by atoms with van der Waals surface area (Å²) in [5, 5.41) is 2.84. The summed E-state index contributed by atoms with van der Waals surface area (Å²) in [6.45, 7) is 0.846. The lowest BCUT2D eigenvalue weighted by atomic mass is 10.4. The van der Waals surface area contributed by atoms with Gasteiger partial charge in [-0.25, -0.2) is 0 Å². The van der Waals surface area contributed by atoms with Gasteiger partial charge in [0.15, 0.2) is 0 Å². The lowest BCUT2D eigenvalue weighted by Crippen LogP contribution is -2.22. The fraction of sp³-hybridized carbons (Fsp3) is 0.400. The van der Waals surface area contributed by atoms with E-state index < -0.39 is 0 Å². The van der Waals surface area contributed by atoms with E-state index in [1.54, 1.807) is 0 Å². The third-order valence-corrected chi connectivity index (χ3v) is 1.07. The van der Waals surface area contributed by atoms with E-state index in [2.05, 4.69) is 5.32 Å². The second-order valence-electron chi connectivity index (χ2n) is 1.70. The molecule has 1 aliphatic rings. The first-order valence-corrected chi connectivity index (χ1v) is 2.54. The lowest BCUT2D eigenvalue weighted by Gasteiger charge is -1.94. The molecule has 0 bridgehead atoms. The Balaban J connectivity index is 0.000000640. The summed E-state index contributed by atoms with van der Waals surface area (Å²) in [6, 6.07) is 0. The van der Waals surface area contributed by atoms with Crippen LogP contribution in [0.3, 0.4) is 0 Å². The minimum absolute atomic E-state index is 0. The summed E-state index contributed by atoms with van der Waals surface area (Å²) in [5.74, 6) is -0.359. The Bertz CT molecular complexity index is 144. The Morgan fingerprint density at radius 1 is 1.78 bits per heavy atom. The van der Waals surface area contributed by atoms with Gasteiger partial charge in [0.2, 0.25) is 0 Å². The van der Waals surface area contributed by atoms with Crippen LogP contribution in [0.4, 0.5) is 0 Å². The van der Waals surface area contributed by atoms with E-state index in [-0.39, 0.29) is 18.3 Å². The number of rotatable bonds is 1. The van der Waals surface area contributed by atoms with E-state index in [0.717, 1.165) is 13.0 Å². The molecular weight excluding hydrogens is 140 g/mol. The standard InChI is InChI=1S/C5H8N2O.ClH/c6-5(8)4-2-1-3-7-4;/h2,7H,1,3H2,(H2,6,8);1H. The zero-order valence-electron chi connectivity index (χ0n) is 4.89. The Kier molecular flexibility index (Phi) is 3.09. The fourth-order valence-electron chi connectivity index (χ4n) is 0.683. The number of carbonyl (C=O) groups is 1. The number of carbonyl (C=O) groups excluding carboxylic acids is 1. The Morgan fingerprint density at radius 3 is 2.67 bits per heavy atom. The molecule has 3 N–H and O–H groups in total. The number of hydrogen-bond donors (Lipinski definition) is 2. The van der Waals surface area contributed by atoms with Crippen LogP contribution in [0.2, 0.25) is 0 Å². The quantitative estimate of drug-likeness (QED) is 0.540. The highest BCUT2D eigenvalue weighted by atomic mass is 35.5. The molecule has 0 saturated heterocycles. The highest BCUT2D eigenvalue weighted by molar-refractivity contribution is 5.91. The predicted octanol–water partition coefficient (Wildman–Crippen LogP) is -0.229. The average molecular weight is 149 g/mol. The molecule has 3 nitrogen and oxygen atoms in total. The van der Waals surface area contributed by atoms with E-state index in [1.165, 1.54) is 0 Å². The molecule has 9 heavy (non-hydrogen) atoms. The van der Waals surface area contributed by atoms with E-state index in [9.17, 15) is 4.79 Å². The van der Waals surface area contributed by atoms with Crippen LogP contribution in [0.5, 0.6) is 0 Å². The van der Waals surface area contributed by atoms with Crippen LogP contribution >= 0.6 is 12.4 Å². The highest BCUT2D eigenvalue weighted by Gasteiger charge is 2.06. The van der Waals surface area contributed by atoms with Gasteiger partial charge in [0.1, 0.15) is 0 Å². The van der Waals surface area contributed by atoms with Crippen molar-refractivity contribution in [3.8, 4) is 0 Å². The van der Waals surface area contributed by atoms with E-state index >= 15 is 0 Å². The van der Waals surface area contributed by atoms with Crippen molar-refractivity contribution in [1.82, 2.24) is 5.32 Å². The largest absolute Gasteiger partial charge is 0.381 e. The van der Waals surface area contributed by atoms with Gasteiger partial charge in [0.25, 0.3) is 5.91 Å². The molecule has 1 aliphatic heterocycles. The summed E-state index contributed by atoms with van der Waals surface area (Å²) < 4.78 is 0. The van der Waals surface area contributed by atoms with E-state index in [1.807, 2.05) is 6.08 Å². The molecule has 1 rings (SSSR count). The summed E-state index contributed by atoms with van der Waals surface area (Å²) in [5.41, 5.74) is 5.49. The first-order chi connectivity index (χ1) is 3.80. The molecule has 0 unspecified atom stereocenters. The smallest absolute Gasteiger partial charge is 0.264 e. The molecule has 0 aromatic carbocycles. The average Bonchev–Trinajstić information content (AvgIpc) is 2.12. The summed E-state index contributed by atoms with van der Waals surface area (Å²) in [4.78, 5) is 10.3. The predicted molar refractivity (Wildman–Crippen MR) is 37.1 cm³/mol. The molecule has 0 radical (unpaired) electrons. The first kappa shape index (κ1) is 8.30. The summed E-state index contributed by atoms with van der Waals surface area (Å²) >= 11 is 0. The third kappa shape index (κ3) is 1.93. The monoisotopic (exact) mass is 148 g/mol. The summed E-state index contributed by atoms with van der Waals surface area (Å²) in [7, 11) is 0. The van der Waals surface area contributed by atoms with Crippen molar-refractivity contribution in [2.45, 2.75) is 6.42 Å². The molecule has 52 valence electrons. The number of halogens is 1. The zero-order valence-corrected chi connectivity index (χ0v) is 5.70. The third-order valence-electron chi connectivity index (χ3n) is 1.07. The zero-order chi connectivity index (χ0) is 5.98. The number of nitrogens with one attached hydrogen (secondary N) is 1. The van der Waals surface area contributed by atoms with Crippen molar-refractivity contribution in [3.05, 3.63) is 11.8 Å². The molecule has 0 aromatic rings. The molecule has 0 saturated carbocycles. The highest BCUT2D eigenvalue weighted by Crippen LogP contribution is 1.97. The van der Waals surface area contributed by atoms with Crippen LogP contribution in [-0.4, -0.2) is 12.5 Å². The second-order valence-corrected chi connectivity index (χ2v) is 1.70. The van der Waals surface area contributed by atoms with Crippen LogP contribution in [0, 0.1) is 0 Å². The fourth-order valence-corrected chi connectivity index (χ4v) is 0.683. The van der Waals surface area contributed by atoms with Gasteiger partial charge in [-0.15, -0.1) is 12.4 Å². The van der Waals surface area contributed by atoms with Crippen LogP contribution < -0.4 is 11.1 Å². The van der Waals surface area contributed by atoms with Crippen LogP contribution in [0.1, 0.15) is 6.42 Å². The maximum Gasteiger partial charge on any atom is 0.264 e. The molecular formula is C5H9ClN2O. The Labute approximate surface area is 59.7 Å². The van der Waals surface area contributed by atoms with Crippen molar-refractivity contribution < 1.29 is 4.79 Å². The number of hydrogen-bond acceptors (Lipinski definition) is 2. The number of primary amides is 1. The van der Waals surface area contributed by atoms with Gasteiger partial charge in [0, 0.05) is 6.54 Å². The number of amides is 1. The maximum absolute atomic E-state index is 10.3. The first-order valence-electron chi connectivity index (χ1n) is 2.54. The number of nitrogens with two attached hydrogens (primary N) is 1. The molecule has 0 atom stereocenters. The van der Waals surface area contributed by atoms with Crippen LogP contribution in [0.15, 0.2) is 11.8 Å². The molecule has 0 aromatic heterocycles. The normalized spacial score (nSPS) is 15.3. The van der Waals surface area contributed by atoms with Gasteiger partial charge < -0.3 is 11.1 Å². The molecule has 1 amide bonds. The molecule has 4 heteroatoms. The van der Waals surface area contributed by atoms with Gasteiger partial charge in [-0.2, -0.15) is 0 Å². The minimum Gasteiger partial charge on any atom is -0.381 e. The molecule has 0 aliphatic carbocycles. The van der Waals surface area contributed by atoms with Gasteiger partial charge in [0.05, 0.1) is 5.70 Å². The van der Waals surface area contributed by atoms with Gasteiger partial charge in [-0.3, -0.25) is 4.79 Å². The molecule has 0 fully saturated rings. The second kappa shape index (κ2) is 3.35. The molecule has 1 heterocycles. The minimum atomic E-state index is -0.359. The van der Waals surface area contributed by atoms with Gasteiger partial charge >= 0.3 is 0 Å². The van der Waals surface area contributed by atoms with Crippen LogP contribution in [0.25, 0.3) is 0 Å². The van der Waals surface area contributed by atoms with Crippen molar-refractivity contribution >= 4 is 18.3 Å². The van der Waals surface area contributed by atoms with Crippen molar-refractivity contribution in [2.24, 2.45) is 5.73 Å². The van der Waals surface area contributed by atoms with Crippen molar-refractivity contribution in [2.75, 3.05) is 6.54 Å². The maximum atomic E-state index is 10.3. The topological polar surface area (TPSA) is 55.1 Å². The van der Waals surface area contributed by atoms with E-state index in [0.29, 0.717) is 5.70 Å². The summed E-state index contributed by atoms with van der Waals surface area (Å²) in [6.07, 6.45) is 2.72. The van der Waals surface area contributed by atoms with Crippen molar-refractivity contribution in [1.29, 1.82) is 0 Å². The van der Waals surface area contributed by atoms with Crippen molar-refractivity contribution in [3.63, 3.8) is 0 Å². The van der Waals surface area contributed by atoms with Gasteiger partial charge in [-0.05, 0) is 6.42 Å².